The van der Waals surface area contributed by atoms with Crippen LogP contribution in [0.5, 0.6) is 0 Å². The average Bonchev–Trinajstić information content (AvgIpc) is 3.20. The molecule has 178 valence electrons. The Labute approximate surface area is 211 Å². The molecule has 4 aromatic rings. The third-order valence-corrected chi connectivity index (χ3v) is 7.94. The Kier molecular flexibility index (Phi) is 5.42. The van der Waals surface area contributed by atoms with E-state index in [2.05, 4.69) is 21.2 Å². The fraction of sp³-hybridized carbons (Fsp3) is 0.286. The molecule has 2 aliphatic rings. The first kappa shape index (κ1) is 22.3. The van der Waals surface area contributed by atoms with Gasteiger partial charge in [-0.3, -0.25) is 9.59 Å². The normalized spacial score (nSPS) is 19.1. The number of nitrogens with zero attached hydrogens (tertiary/aromatic N) is 1. The van der Waals surface area contributed by atoms with Crippen LogP contribution >= 0.6 is 15.9 Å². The number of likely N-dealkylation sites (tertiary alicyclic amines) is 1. The minimum absolute atomic E-state index is 0.0172. The molecule has 0 aliphatic carbocycles. The molecule has 0 radical (unpaired) electrons. The summed E-state index contributed by atoms with van der Waals surface area (Å²) in [7, 11) is 0. The van der Waals surface area contributed by atoms with Crippen LogP contribution in [0.3, 0.4) is 0 Å². The number of aryl methyl sites for hydroxylation is 1. The molecule has 0 bridgehead atoms. The van der Waals surface area contributed by atoms with E-state index in [4.69, 9.17) is 9.15 Å². The lowest BCUT2D eigenvalue weighted by Crippen LogP contribution is -2.66. The molecule has 1 aromatic heterocycles. The van der Waals surface area contributed by atoms with Crippen molar-refractivity contribution in [2.45, 2.75) is 13.3 Å². The van der Waals surface area contributed by atoms with Crippen molar-refractivity contribution in [2.24, 2.45) is 11.3 Å². The van der Waals surface area contributed by atoms with Crippen molar-refractivity contribution in [1.82, 2.24) is 4.90 Å². The van der Waals surface area contributed by atoms with Crippen molar-refractivity contribution < 1.29 is 18.7 Å². The number of para-hydroxylation sites is 1. The Balaban J connectivity index is 1.20. The van der Waals surface area contributed by atoms with Crippen molar-refractivity contribution in [3.63, 3.8) is 0 Å². The molecule has 1 unspecified atom stereocenters. The SMILES string of the molecule is Cc1cc(Br)ccc1C(=O)N1CC2(CCOCC2C(=O)Nc2ccc3oc4ccccc4c3c2)C1. The highest BCUT2D eigenvalue weighted by Gasteiger charge is 2.54. The number of carbonyl (C=O) groups excluding carboxylic acids is 2. The maximum atomic E-state index is 13.4. The van der Waals surface area contributed by atoms with Crippen LogP contribution in [0.2, 0.25) is 0 Å². The lowest BCUT2D eigenvalue weighted by molar-refractivity contribution is -0.147. The second kappa shape index (κ2) is 8.50. The molecule has 2 amide bonds. The van der Waals surface area contributed by atoms with Crippen LogP contribution in [0.1, 0.15) is 22.3 Å². The molecule has 0 saturated carbocycles. The number of halogens is 1. The first-order valence-electron chi connectivity index (χ1n) is 11.8. The minimum Gasteiger partial charge on any atom is -0.456 e. The summed E-state index contributed by atoms with van der Waals surface area (Å²) in [6.45, 7) is 4.04. The van der Waals surface area contributed by atoms with Crippen LogP contribution in [0.25, 0.3) is 21.9 Å². The number of amides is 2. The van der Waals surface area contributed by atoms with E-state index < -0.39 is 0 Å². The number of hydrogen-bond acceptors (Lipinski definition) is 4. The van der Waals surface area contributed by atoms with Crippen molar-refractivity contribution in [1.29, 1.82) is 0 Å². The summed E-state index contributed by atoms with van der Waals surface area (Å²) < 4.78 is 12.6. The smallest absolute Gasteiger partial charge is 0.254 e. The molecule has 3 heterocycles. The molecular formula is C28H25BrN2O4. The summed E-state index contributed by atoms with van der Waals surface area (Å²) in [6, 6.07) is 19.3. The lowest BCUT2D eigenvalue weighted by atomic mass is 9.65. The molecule has 1 atom stereocenters. The van der Waals surface area contributed by atoms with Gasteiger partial charge < -0.3 is 19.4 Å². The third kappa shape index (κ3) is 3.83. The first-order chi connectivity index (χ1) is 16.9. The summed E-state index contributed by atoms with van der Waals surface area (Å²) in [5, 5.41) is 5.09. The Morgan fingerprint density at radius 3 is 2.66 bits per heavy atom. The highest BCUT2D eigenvalue weighted by Crippen LogP contribution is 2.45. The largest absolute Gasteiger partial charge is 0.456 e. The van der Waals surface area contributed by atoms with Crippen LogP contribution in [0, 0.1) is 18.3 Å². The van der Waals surface area contributed by atoms with Crippen LogP contribution < -0.4 is 5.32 Å². The molecule has 7 heteroatoms. The van der Waals surface area contributed by atoms with Crippen LogP contribution in [-0.2, 0) is 9.53 Å². The summed E-state index contributed by atoms with van der Waals surface area (Å²) in [4.78, 5) is 28.4. The summed E-state index contributed by atoms with van der Waals surface area (Å²) >= 11 is 3.46. The number of fused-ring (bicyclic) bond motifs is 3. The highest BCUT2D eigenvalue weighted by atomic mass is 79.9. The summed E-state index contributed by atoms with van der Waals surface area (Å²) in [5.74, 6) is -0.365. The number of rotatable bonds is 3. The van der Waals surface area contributed by atoms with Crippen molar-refractivity contribution in [2.75, 3.05) is 31.6 Å². The number of furan rings is 1. The fourth-order valence-electron chi connectivity index (χ4n) is 5.49. The zero-order valence-corrected chi connectivity index (χ0v) is 20.9. The van der Waals surface area contributed by atoms with E-state index in [-0.39, 0.29) is 23.1 Å². The Bertz CT molecular complexity index is 1470. The predicted octanol–water partition coefficient (Wildman–Crippen LogP) is 5.77. The standard InChI is InChI=1S/C28H25BrN2O4/c1-17-12-18(29)6-8-20(17)27(33)31-15-28(16-31)10-11-34-14-23(28)26(32)30-19-7-9-25-22(13-19)21-4-2-3-5-24(21)35-25/h2-9,12-13,23H,10-11,14-16H2,1H3,(H,30,32). The van der Waals surface area contributed by atoms with E-state index in [1.54, 1.807) is 0 Å². The van der Waals surface area contributed by atoms with Crippen LogP contribution in [-0.4, -0.2) is 43.0 Å². The minimum atomic E-state index is -0.317. The lowest BCUT2D eigenvalue weighted by Gasteiger charge is -2.55. The Morgan fingerprint density at radius 1 is 1.03 bits per heavy atom. The molecule has 6 rings (SSSR count). The molecule has 2 fully saturated rings. The molecule has 3 aromatic carbocycles. The summed E-state index contributed by atoms with van der Waals surface area (Å²) in [5.41, 5.74) is 3.73. The molecule has 1 spiro atoms. The van der Waals surface area contributed by atoms with Crippen molar-refractivity contribution >= 4 is 55.4 Å². The van der Waals surface area contributed by atoms with Gasteiger partial charge in [-0.1, -0.05) is 34.1 Å². The quantitative estimate of drug-likeness (QED) is 0.363. The van der Waals surface area contributed by atoms with Gasteiger partial charge in [-0.05, 0) is 61.4 Å². The predicted molar refractivity (Wildman–Crippen MR) is 138 cm³/mol. The van der Waals surface area contributed by atoms with E-state index in [1.165, 1.54) is 0 Å². The first-order valence-corrected chi connectivity index (χ1v) is 12.6. The molecule has 2 aliphatic heterocycles. The Morgan fingerprint density at radius 2 is 1.83 bits per heavy atom. The monoisotopic (exact) mass is 532 g/mol. The van der Waals surface area contributed by atoms with E-state index in [1.807, 2.05) is 72.5 Å². The van der Waals surface area contributed by atoms with Crippen LogP contribution in [0.15, 0.2) is 69.6 Å². The number of benzene rings is 3. The summed E-state index contributed by atoms with van der Waals surface area (Å²) in [6.07, 6.45) is 0.763. The zero-order chi connectivity index (χ0) is 24.2. The zero-order valence-electron chi connectivity index (χ0n) is 19.3. The topological polar surface area (TPSA) is 71.8 Å². The second-order valence-corrected chi connectivity index (χ2v) is 10.6. The average molecular weight is 533 g/mol. The van der Waals surface area contributed by atoms with Gasteiger partial charge in [0.05, 0.1) is 12.5 Å². The van der Waals surface area contributed by atoms with Gasteiger partial charge in [0.2, 0.25) is 5.91 Å². The van der Waals surface area contributed by atoms with E-state index in [0.717, 1.165) is 44.1 Å². The number of anilines is 1. The van der Waals surface area contributed by atoms with E-state index in [9.17, 15) is 9.59 Å². The maximum absolute atomic E-state index is 13.4. The molecule has 2 saturated heterocycles. The Hall–Kier alpha value is -3.16. The van der Waals surface area contributed by atoms with Gasteiger partial charge in [-0.2, -0.15) is 0 Å². The number of carbonyl (C=O) groups is 2. The van der Waals surface area contributed by atoms with Gasteiger partial charge in [-0.25, -0.2) is 0 Å². The number of ether oxygens (including phenoxy) is 1. The number of hydrogen-bond donors (Lipinski definition) is 1. The van der Waals surface area contributed by atoms with Gasteiger partial charge in [0.1, 0.15) is 11.2 Å². The maximum Gasteiger partial charge on any atom is 0.254 e. The molecule has 1 N–H and O–H groups in total. The van der Waals surface area contributed by atoms with E-state index in [0.29, 0.717) is 31.9 Å². The van der Waals surface area contributed by atoms with Gasteiger partial charge in [0, 0.05) is 51.6 Å². The highest BCUT2D eigenvalue weighted by molar-refractivity contribution is 9.10. The van der Waals surface area contributed by atoms with Gasteiger partial charge in [-0.15, -0.1) is 0 Å². The van der Waals surface area contributed by atoms with E-state index >= 15 is 0 Å². The van der Waals surface area contributed by atoms with Crippen LogP contribution in [0.4, 0.5) is 5.69 Å². The van der Waals surface area contributed by atoms with Gasteiger partial charge >= 0.3 is 0 Å². The fourth-order valence-corrected chi connectivity index (χ4v) is 5.96. The third-order valence-electron chi connectivity index (χ3n) is 7.45. The molecule has 35 heavy (non-hydrogen) atoms. The van der Waals surface area contributed by atoms with Gasteiger partial charge in [0.15, 0.2) is 0 Å². The number of nitrogens with one attached hydrogen (secondary N) is 1. The molecule has 6 nitrogen and oxygen atoms in total. The van der Waals surface area contributed by atoms with Gasteiger partial charge in [0.25, 0.3) is 5.91 Å². The van der Waals surface area contributed by atoms with Crippen molar-refractivity contribution in [3.05, 3.63) is 76.3 Å². The molecular weight excluding hydrogens is 508 g/mol. The second-order valence-electron chi connectivity index (χ2n) is 9.66. The van der Waals surface area contributed by atoms with Crippen molar-refractivity contribution in [3.8, 4) is 0 Å².